The lowest BCUT2D eigenvalue weighted by atomic mass is 10.1. The molecule has 0 saturated carbocycles. The van der Waals surface area contributed by atoms with Gasteiger partial charge >= 0.3 is 0 Å². The second-order valence-electron chi connectivity index (χ2n) is 4.24. The molecule has 2 rings (SSSR count). The molecule has 0 radical (unpaired) electrons. The fourth-order valence-electron chi connectivity index (χ4n) is 1.53. The average Bonchev–Trinajstić information content (AvgIpc) is 2.74. The van der Waals surface area contributed by atoms with E-state index >= 15 is 0 Å². The smallest absolute Gasteiger partial charge is 0.263 e. The molecule has 2 aromatic rings. The normalized spacial score (nSPS) is 13.2. The number of rotatable bonds is 4. The number of anilines is 1. The van der Waals surface area contributed by atoms with Gasteiger partial charge in [0.2, 0.25) is 0 Å². The van der Waals surface area contributed by atoms with Gasteiger partial charge in [-0.25, -0.2) is 13.4 Å². The van der Waals surface area contributed by atoms with E-state index < -0.39 is 10.0 Å². The Bertz CT molecular complexity index is 661. The Hall–Kier alpha value is -1.44. The molecule has 102 valence electrons. The Labute approximate surface area is 116 Å². The van der Waals surface area contributed by atoms with Crippen LogP contribution in [0.5, 0.6) is 0 Å². The maximum absolute atomic E-state index is 12.1. The summed E-state index contributed by atoms with van der Waals surface area (Å²) >= 11 is 1.30. The molecule has 0 spiro atoms. The van der Waals surface area contributed by atoms with Crippen LogP contribution in [0.25, 0.3) is 0 Å². The molecule has 0 bridgehead atoms. The molecule has 1 heterocycles. The lowest BCUT2D eigenvalue weighted by Crippen LogP contribution is -2.13. The van der Waals surface area contributed by atoms with Crippen LogP contribution in [0.4, 0.5) is 5.13 Å². The second-order valence-corrected chi connectivity index (χ2v) is 7.16. The van der Waals surface area contributed by atoms with Gasteiger partial charge < -0.3 is 5.73 Å². The quantitative estimate of drug-likeness (QED) is 0.906. The van der Waals surface area contributed by atoms with Gasteiger partial charge in [0.05, 0.1) is 4.90 Å². The van der Waals surface area contributed by atoms with Crippen LogP contribution >= 0.6 is 11.3 Å². The van der Waals surface area contributed by atoms with Crippen LogP contribution in [0, 0.1) is 6.92 Å². The van der Waals surface area contributed by atoms with E-state index in [4.69, 9.17) is 5.73 Å². The van der Waals surface area contributed by atoms with Crippen molar-refractivity contribution < 1.29 is 8.42 Å². The molecule has 19 heavy (non-hydrogen) atoms. The molecule has 1 aromatic heterocycles. The lowest BCUT2D eigenvalue weighted by Gasteiger charge is -2.08. The number of hydrogen-bond donors (Lipinski definition) is 2. The Kier molecular flexibility index (Phi) is 3.88. The fraction of sp³-hybridized carbons (Fsp3) is 0.250. The molecule has 1 unspecified atom stereocenters. The number of nitrogens with two attached hydrogens (primary N) is 1. The molecular weight excluding hydrogens is 282 g/mol. The SMILES string of the molecule is Cc1cnc(NS(=O)(=O)c2ccc(C(C)N)cc2)s1. The van der Waals surface area contributed by atoms with E-state index in [1.54, 1.807) is 30.5 Å². The average molecular weight is 297 g/mol. The van der Waals surface area contributed by atoms with Gasteiger partial charge in [-0.2, -0.15) is 0 Å². The highest BCUT2D eigenvalue weighted by Crippen LogP contribution is 2.21. The summed E-state index contributed by atoms with van der Waals surface area (Å²) < 4.78 is 26.7. The molecule has 0 aliphatic heterocycles. The Morgan fingerprint density at radius 2 is 1.95 bits per heavy atom. The molecule has 0 aliphatic carbocycles. The minimum absolute atomic E-state index is 0.119. The van der Waals surface area contributed by atoms with Crippen LogP contribution in [0.15, 0.2) is 35.4 Å². The molecule has 0 aliphatic rings. The number of aryl methyl sites for hydroxylation is 1. The first-order valence-corrected chi connectivity index (χ1v) is 7.99. The number of sulfonamides is 1. The van der Waals surface area contributed by atoms with Gasteiger partial charge in [0, 0.05) is 17.1 Å². The van der Waals surface area contributed by atoms with Gasteiger partial charge in [-0.05, 0) is 31.5 Å². The molecule has 0 amide bonds. The number of hydrogen-bond acceptors (Lipinski definition) is 5. The third kappa shape index (κ3) is 3.31. The predicted octanol–water partition coefficient (Wildman–Crippen LogP) is 2.27. The maximum atomic E-state index is 12.1. The minimum Gasteiger partial charge on any atom is -0.324 e. The summed E-state index contributed by atoms with van der Waals surface area (Å²) in [5, 5.41) is 0.369. The largest absolute Gasteiger partial charge is 0.324 e. The van der Waals surface area contributed by atoms with Crippen molar-refractivity contribution in [2.45, 2.75) is 24.8 Å². The zero-order chi connectivity index (χ0) is 14.0. The van der Waals surface area contributed by atoms with Crippen LogP contribution < -0.4 is 10.5 Å². The summed E-state index contributed by atoms with van der Waals surface area (Å²) in [4.78, 5) is 5.13. The minimum atomic E-state index is -3.59. The summed E-state index contributed by atoms with van der Waals surface area (Å²) in [6.07, 6.45) is 1.63. The molecule has 3 N–H and O–H groups in total. The maximum Gasteiger partial charge on any atom is 0.263 e. The monoisotopic (exact) mass is 297 g/mol. The third-order valence-electron chi connectivity index (χ3n) is 2.56. The summed E-state index contributed by atoms with van der Waals surface area (Å²) in [6, 6.07) is 6.40. The number of nitrogens with zero attached hydrogens (tertiary/aromatic N) is 1. The summed E-state index contributed by atoms with van der Waals surface area (Å²) in [6.45, 7) is 3.72. The van der Waals surface area contributed by atoms with Crippen molar-refractivity contribution >= 4 is 26.5 Å². The van der Waals surface area contributed by atoms with Gasteiger partial charge in [-0.3, -0.25) is 4.72 Å². The van der Waals surface area contributed by atoms with E-state index in [2.05, 4.69) is 9.71 Å². The van der Waals surface area contributed by atoms with Crippen molar-refractivity contribution in [1.29, 1.82) is 0 Å². The molecule has 0 saturated heterocycles. The highest BCUT2D eigenvalue weighted by molar-refractivity contribution is 7.93. The van der Waals surface area contributed by atoms with Crippen molar-refractivity contribution in [3.8, 4) is 0 Å². The standard InChI is InChI=1S/C12H15N3O2S2/c1-8-7-14-12(18-8)15-19(16,17)11-5-3-10(4-6-11)9(2)13/h3-7,9H,13H2,1-2H3,(H,14,15). The van der Waals surface area contributed by atoms with Crippen LogP contribution in [0.1, 0.15) is 23.4 Å². The summed E-state index contributed by atoms with van der Waals surface area (Å²) in [5.74, 6) is 0. The number of nitrogens with one attached hydrogen (secondary N) is 1. The highest BCUT2D eigenvalue weighted by Gasteiger charge is 2.16. The van der Waals surface area contributed by atoms with E-state index in [0.717, 1.165) is 10.4 Å². The van der Waals surface area contributed by atoms with Crippen molar-refractivity contribution in [3.05, 3.63) is 40.9 Å². The third-order valence-corrected chi connectivity index (χ3v) is 4.87. The van der Waals surface area contributed by atoms with E-state index in [-0.39, 0.29) is 10.9 Å². The number of benzene rings is 1. The lowest BCUT2D eigenvalue weighted by molar-refractivity contribution is 0.601. The first-order valence-electron chi connectivity index (χ1n) is 5.69. The Morgan fingerprint density at radius 3 is 2.42 bits per heavy atom. The van der Waals surface area contributed by atoms with Gasteiger partial charge in [0.1, 0.15) is 0 Å². The van der Waals surface area contributed by atoms with E-state index in [0.29, 0.717) is 5.13 Å². The van der Waals surface area contributed by atoms with Crippen LogP contribution in [-0.4, -0.2) is 13.4 Å². The van der Waals surface area contributed by atoms with E-state index in [1.807, 2.05) is 13.8 Å². The number of aromatic nitrogens is 1. The molecule has 7 heteroatoms. The van der Waals surface area contributed by atoms with Crippen molar-refractivity contribution in [1.82, 2.24) is 4.98 Å². The number of thiazole rings is 1. The summed E-state index contributed by atoms with van der Waals surface area (Å²) in [5.41, 5.74) is 6.62. The van der Waals surface area contributed by atoms with Gasteiger partial charge in [0.15, 0.2) is 5.13 Å². The first-order chi connectivity index (χ1) is 8.88. The molecule has 1 aromatic carbocycles. The fourth-order valence-corrected chi connectivity index (χ4v) is 3.43. The van der Waals surface area contributed by atoms with Crippen molar-refractivity contribution in [3.63, 3.8) is 0 Å². The van der Waals surface area contributed by atoms with Gasteiger partial charge in [0.25, 0.3) is 10.0 Å². The van der Waals surface area contributed by atoms with Crippen LogP contribution in [0.2, 0.25) is 0 Å². The molecular formula is C12H15N3O2S2. The van der Waals surface area contributed by atoms with Gasteiger partial charge in [-0.1, -0.05) is 12.1 Å². The van der Waals surface area contributed by atoms with Crippen molar-refractivity contribution in [2.75, 3.05) is 4.72 Å². The van der Waals surface area contributed by atoms with Crippen molar-refractivity contribution in [2.24, 2.45) is 5.73 Å². The van der Waals surface area contributed by atoms with E-state index in [9.17, 15) is 8.42 Å². The molecule has 0 fully saturated rings. The van der Waals surface area contributed by atoms with E-state index in [1.165, 1.54) is 11.3 Å². The first kappa shape index (κ1) is 14.0. The topological polar surface area (TPSA) is 85.1 Å². The highest BCUT2D eigenvalue weighted by atomic mass is 32.2. The van der Waals surface area contributed by atoms with Crippen LogP contribution in [0.3, 0.4) is 0 Å². The molecule has 1 atom stereocenters. The Balaban J connectivity index is 2.24. The molecule has 5 nitrogen and oxygen atoms in total. The predicted molar refractivity (Wildman–Crippen MR) is 76.7 cm³/mol. The second kappa shape index (κ2) is 5.28. The van der Waals surface area contributed by atoms with Gasteiger partial charge in [-0.15, -0.1) is 11.3 Å². The van der Waals surface area contributed by atoms with Crippen LogP contribution in [-0.2, 0) is 10.0 Å². The Morgan fingerprint density at radius 1 is 1.32 bits per heavy atom. The zero-order valence-corrected chi connectivity index (χ0v) is 12.3. The zero-order valence-electron chi connectivity index (χ0n) is 10.6. The summed E-state index contributed by atoms with van der Waals surface area (Å²) in [7, 11) is -3.59.